The third-order valence-corrected chi connectivity index (χ3v) is 3.90. The Bertz CT molecular complexity index is 517. The largest absolute Gasteiger partial charge is 0.496 e. The normalized spacial score (nSPS) is 17.2. The fraction of sp³-hybridized carbons (Fsp3) is 0.500. The lowest BCUT2D eigenvalue weighted by Crippen LogP contribution is -2.45. The van der Waals surface area contributed by atoms with Gasteiger partial charge in [0.05, 0.1) is 12.7 Å². The van der Waals surface area contributed by atoms with Gasteiger partial charge in [-0.05, 0) is 18.6 Å². The molecule has 1 heterocycles. The Kier molecular flexibility index (Phi) is 7.38. The summed E-state index contributed by atoms with van der Waals surface area (Å²) in [5.41, 5.74) is 0.0862. The number of hydrogen-bond donors (Lipinski definition) is 1. The molecule has 1 N–H and O–H groups in total. The van der Waals surface area contributed by atoms with Crippen molar-refractivity contribution in [3.63, 3.8) is 0 Å². The van der Waals surface area contributed by atoms with E-state index in [1.165, 1.54) is 13.2 Å². The number of rotatable bonds is 5. The summed E-state index contributed by atoms with van der Waals surface area (Å²) in [5, 5.41) is 3.27. The minimum Gasteiger partial charge on any atom is -0.496 e. The maximum absolute atomic E-state index is 12.8. The van der Waals surface area contributed by atoms with Crippen LogP contribution in [-0.4, -0.2) is 38.2 Å². The minimum absolute atomic E-state index is 0. The molecule has 0 saturated carbocycles. The Labute approximate surface area is 140 Å². The fourth-order valence-electron chi connectivity index (χ4n) is 2.79. The summed E-state index contributed by atoms with van der Waals surface area (Å²) in [5.74, 6) is 0.278. The number of nitrogens with one attached hydrogen (secondary N) is 1. The van der Waals surface area contributed by atoms with E-state index in [0.717, 1.165) is 43.9 Å². The van der Waals surface area contributed by atoms with Crippen molar-refractivity contribution in [1.29, 1.82) is 0 Å². The van der Waals surface area contributed by atoms with E-state index < -0.39 is 11.7 Å². The summed E-state index contributed by atoms with van der Waals surface area (Å²) >= 11 is 0. The zero-order chi connectivity index (χ0) is 16.2. The number of alkyl halides is 3. The van der Waals surface area contributed by atoms with Crippen LogP contribution in [0.1, 0.15) is 23.6 Å². The first kappa shape index (κ1) is 19.8. The molecule has 1 saturated heterocycles. The number of methoxy groups -OCH3 is 1. The molecule has 1 aromatic carbocycles. The van der Waals surface area contributed by atoms with E-state index in [2.05, 4.69) is 16.8 Å². The van der Waals surface area contributed by atoms with Crippen LogP contribution >= 0.6 is 12.4 Å². The van der Waals surface area contributed by atoms with E-state index in [9.17, 15) is 13.2 Å². The van der Waals surface area contributed by atoms with Crippen molar-refractivity contribution in [3.8, 4) is 5.75 Å². The van der Waals surface area contributed by atoms with Gasteiger partial charge in [0.25, 0.3) is 0 Å². The van der Waals surface area contributed by atoms with Crippen LogP contribution < -0.4 is 10.1 Å². The first-order valence-electron chi connectivity index (χ1n) is 7.28. The predicted molar refractivity (Wildman–Crippen MR) is 87.2 cm³/mol. The van der Waals surface area contributed by atoms with Gasteiger partial charge in [0.15, 0.2) is 0 Å². The molecule has 2 rings (SSSR count). The topological polar surface area (TPSA) is 24.5 Å². The lowest BCUT2D eigenvalue weighted by atomic mass is 9.98. The van der Waals surface area contributed by atoms with E-state index in [4.69, 9.17) is 4.74 Å². The SMILES string of the molecule is C=CC[C@H](c1ccc(C(F)(F)F)cc1OC)N1CCNCC1.Cl. The van der Waals surface area contributed by atoms with E-state index in [1.54, 1.807) is 6.08 Å². The second-order valence-corrected chi connectivity index (χ2v) is 5.28. The lowest BCUT2D eigenvalue weighted by molar-refractivity contribution is -0.137. The molecule has 3 nitrogen and oxygen atoms in total. The number of nitrogens with zero attached hydrogens (tertiary/aromatic N) is 1. The van der Waals surface area contributed by atoms with Gasteiger partial charge in [0.2, 0.25) is 0 Å². The first-order valence-corrected chi connectivity index (χ1v) is 7.28. The molecule has 1 fully saturated rings. The molecule has 1 aliphatic heterocycles. The molecule has 0 spiro atoms. The van der Waals surface area contributed by atoms with Crippen molar-refractivity contribution in [3.05, 3.63) is 42.0 Å². The average Bonchev–Trinajstić information content (AvgIpc) is 2.52. The molecule has 7 heteroatoms. The number of benzene rings is 1. The van der Waals surface area contributed by atoms with Crippen LogP contribution in [0.3, 0.4) is 0 Å². The average molecular weight is 351 g/mol. The maximum Gasteiger partial charge on any atom is 0.416 e. The van der Waals surface area contributed by atoms with Crippen LogP contribution in [0.2, 0.25) is 0 Å². The molecule has 0 aliphatic carbocycles. The Morgan fingerprint density at radius 1 is 1.35 bits per heavy atom. The summed E-state index contributed by atoms with van der Waals surface area (Å²) < 4.78 is 43.8. The fourth-order valence-corrected chi connectivity index (χ4v) is 2.79. The second kappa shape index (κ2) is 8.57. The van der Waals surface area contributed by atoms with Gasteiger partial charge in [-0.1, -0.05) is 12.1 Å². The smallest absolute Gasteiger partial charge is 0.416 e. The van der Waals surface area contributed by atoms with Crippen molar-refractivity contribution >= 4 is 12.4 Å². The summed E-state index contributed by atoms with van der Waals surface area (Å²) in [6.07, 6.45) is -1.90. The number of piperazine rings is 1. The Balaban J connectivity index is 0.00000264. The maximum atomic E-state index is 12.8. The minimum atomic E-state index is -4.37. The highest BCUT2D eigenvalue weighted by molar-refractivity contribution is 5.85. The van der Waals surface area contributed by atoms with Crippen LogP contribution in [0.5, 0.6) is 5.75 Å². The third-order valence-electron chi connectivity index (χ3n) is 3.90. The van der Waals surface area contributed by atoms with E-state index >= 15 is 0 Å². The van der Waals surface area contributed by atoms with Crippen molar-refractivity contribution in [2.75, 3.05) is 33.3 Å². The zero-order valence-electron chi connectivity index (χ0n) is 13.0. The highest BCUT2D eigenvalue weighted by atomic mass is 35.5. The van der Waals surface area contributed by atoms with Crippen LogP contribution in [0, 0.1) is 0 Å². The number of halogens is 4. The molecular formula is C16H22ClF3N2O. The van der Waals surface area contributed by atoms with E-state index in [-0.39, 0.29) is 24.2 Å². The molecule has 0 bridgehead atoms. The van der Waals surface area contributed by atoms with Crippen LogP contribution in [0.15, 0.2) is 30.9 Å². The zero-order valence-corrected chi connectivity index (χ0v) is 13.8. The van der Waals surface area contributed by atoms with Crippen LogP contribution in [-0.2, 0) is 6.18 Å². The second-order valence-electron chi connectivity index (χ2n) is 5.28. The van der Waals surface area contributed by atoms with Crippen molar-refractivity contribution in [1.82, 2.24) is 10.2 Å². The molecule has 1 aromatic rings. The highest BCUT2D eigenvalue weighted by Crippen LogP contribution is 2.37. The Morgan fingerprint density at radius 2 is 2.00 bits per heavy atom. The summed E-state index contributed by atoms with van der Waals surface area (Å²) in [7, 11) is 1.40. The van der Waals surface area contributed by atoms with Gasteiger partial charge in [0.1, 0.15) is 5.75 Å². The standard InChI is InChI=1S/C16H21F3N2O.ClH/c1-3-4-14(21-9-7-20-8-10-21)13-6-5-12(16(17,18)19)11-15(13)22-2;/h3,5-6,11,14,20H,1,4,7-10H2,2H3;1H/t14-;/m1./s1. The van der Waals surface area contributed by atoms with E-state index in [0.29, 0.717) is 6.42 Å². The van der Waals surface area contributed by atoms with Crippen molar-refractivity contribution in [2.45, 2.75) is 18.6 Å². The number of hydrogen-bond acceptors (Lipinski definition) is 3. The Hall–Kier alpha value is -1.24. The van der Waals surface area contributed by atoms with Gasteiger partial charge >= 0.3 is 6.18 Å². The summed E-state index contributed by atoms with van der Waals surface area (Å²) in [6.45, 7) is 7.21. The molecule has 0 aromatic heterocycles. The van der Waals surface area contributed by atoms with Crippen molar-refractivity contribution in [2.24, 2.45) is 0 Å². The third kappa shape index (κ3) is 4.86. The predicted octanol–water partition coefficient (Wildman–Crippen LogP) is 3.66. The van der Waals surface area contributed by atoms with Gasteiger partial charge in [-0.25, -0.2) is 0 Å². The molecule has 0 radical (unpaired) electrons. The quantitative estimate of drug-likeness (QED) is 0.820. The number of ether oxygens (including phenoxy) is 1. The summed E-state index contributed by atoms with van der Waals surface area (Å²) in [4.78, 5) is 2.25. The van der Waals surface area contributed by atoms with Crippen molar-refractivity contribution < 1.29 is 17.9 Å². The van der Waals surface area contributed by atoms with Crippen LogP contribution in [0.25, 0.3) is 0 Å². The summed E-state index contributed by atoms with van der Waals surface area (Å²) in [6, 6.07) is 3.71. The molecule has 0 unspecified atom stereocenters. The molecular weight excluding hydrogens is 329 g/mol. The van der Waals surface area contributed by atoms with E-state index in [1.807, 2.05) is 0 Å². The highest BCUT2D eigenvalue weighted by Gasteiger charge is 2.32. The van der Waals surface area contributed by atoms with Gasteiger partial charge < -0.3 is 10.1 Å². The Morgan fingerprint density at radius 3 is 2.52 bits per heavy atom. The van der Waals surface area contributed by atoms with Gasteiger partial charge in [-0.3, -0.25) is 4.90 Å². The van der Waals surface area contributed by atoms with Crippen LogP contribution in [0.4, 0.5) is 13.2 Å². The molecule has 1 atom stereocenters. The van der Waals surface area contributed by atoms with Gasteiger partial charge in [0, 0.05) is 37.8 Å². The first-order chi connectivity index (χ1) is 10.5. The van der Waals surface area contributed by atoms with Gasteiger partial charge in [-0.15, -0.1) is 19.0 Å². The molecule has 1 aliphatic rings. The molecule has 0 amide bonds. The molecule has 130 valence electrons. The lowest BCUT2D eigenvalue weighted by Gasteiger charge is -2.35. The monoisotopic (exact) mass is 350 g/mol. The van der Waals surface area contributed by atoms with Gasteiger partial charge in [-0.2, -0.15) is 13.2 Å². The molecule has 23 heavy (non-hydrogen) atoms.